The zero-order valence-corrected chi connectivity index (χ0v) is 19.1. The van der Waals surface area contributed by atoms with Crippen LogP contribution in [0.5, 0.6) is 0 Å². The lowest BCUT2D eigenvalue weighted by atomic mass is 9.83. The van der Waals surface area contributed by atoms with Crippen LogP contribution in [0, 0.1) is 11.7 Å². The second-order valence-electron chi connectivity index (χ2n) is 9.25. The van der Waals surface area contributed by atoms with E-state index < -0.39 is 53.3 Å². The van der Waals surface area contributed by atoms with Gasteiger partial charge in [0.25, 0.3) is 0 Å². The number of nitrogens with zero attached hydrogens (tertiary/aromatic N) is 1. The van der Waals surface area contributed by atoms with E-state index in [0.717, 1.165) is 0 Å². The van der Waals surface area contributed by atoms with Crippen molar-refractivity contribution >= 4 is 5.91 Å². The molecule has 4 nitrogen and oxygen atoms in total. The third-order valence-corrected chi connectivity index (χ3v) is 6.97. The van der Waals surface area contributed by atoms with Gasteiger partial charge >= 0.3 is 12.4 Å². The second-order valence-corrected chi connectivity index (χ2v) is 9.25. The molecule has 2 saturated heterocycles. The predicted octanol–water partition coefficient (Wildman–Crippen LogP) is 5.71. The molecule has 11 heteroatoms. The minimum atomic E-state index is -4.99. The average molecular weight is 519 g/mol. The maximum atomic E-state index is 13.6. The Kier molecular flexibility index (Phi) is 7.09. The van der Waals surface area contributed by atoms with E-state index in [1.807, 2.05) is 0 Å². The number of aliphatic hydroxyl groups is 1. The lowest BCUT2D eigenvalue weighted by molar-refractivity contribution is -0.144. The van der Waals surface area contributed by atoms with Gasteiger partial charge in [0, 0.05) is 18.5 Å². The molecule has 0 aliphatic carbocycles. The molecule has 1 N–H and O–H groups in total. The van der Waals surface area contributed by atoms with Gasteiger partial charge in [-0.3, -0.25) is 4.79 Å². The Bertz CT molecular complexity index is 1070. The summed E-state index contributed by atoms with van der Waals surface area (Å²) in [5.74, 6) is -1.85. The molecular weight excluding hydrogens is 495 g/mol. The summed E-state index contributed by atoms with van der Waals surface area (Å²) in [6.45, 7) is 1.06. The van der Waals surface area contributed by atoms with Gasteiger partial charge in [-0.2, -0.15) is 26.3 Å². The van der Waals surface area contributed by atoms with E-state index in [0.29, 0.717) is 30.5 Å². The normalized spacial score (nSPS) is 25.7. The number of fused-ring (bicyclic) bond motifs is 1. The van der Waals surface area contributed by atoms with Crippen LogP contribution in [0.2, 0.25) is 0 Å². The molecule has 2 aliphatic heterocycles. The van der Waals surface area contributed by atoms with Crippen LogP contribution in [-0.4, -0.2) is 41.2 Å². The number of hydrogen-bond acceptors (Lipinski definition) is 3. The third kappa shape index (κ3) is 5.22. The molecule has 0 bridgehead atoms. The maximum Gasteiger partial charge on any atom is 0.416 e. The molecule has 0 spiro atoms. The van der Waals surface area contributed by atoms with Crippen molar-refractivity contribution in [3.63, 3.8) is 0 Å². The summed E-state index contributed by atoms with van der Waals surface area (Å²) in [5.41, 5.74) is -2.55. The van der Waals surface area contributed by atoms with E-state index >= 15 is 0 Å². The molecule has 4 rings (SSSR count). The van der Waals surface area contributed by atoms with Crippen molar-refractivity contribution in [1.29, 1.82) is 0 Å². The Balaban J connectivity index is 1.68. The number of carbonyl (C=O) groups excluding carboxylic acids is 1. The van der Waals surface area contributed by atoms with Gasteiger partial charge in [-0.1, -0.05) is 12.1 Å². The highest BCUT2D eigenvalue weighted by molar-refractivity contribution is 5.80. The van der Waals surface area contributed by atoms with E-state index in [1.165, 1.54) is 31.2 Å². The molecule has 2 aromatic carbocycles. The first kappa shape index (κ1) is 26.4. The predicted molar refractivity (Wildman–Crippen MR) is 114 cm³/mol. The maximum absolute atomic E-state index is 13.6. The number of amides is 1. The van der Waals surface area contributed by atoms with Gasteiger partial charge in [0.1, 0.15) is 5.82 Å². The quantitative estimate of drug-likeness (QED) is 0.516. The van der Waals surface area contributed by atoms with E-state index in [4.69, 9.17) is 4.74 Å². The standard InChI is InChI=1S/C25H24F7NO3/c1-13(16-8-17(24(27,28)29)10-18(9-16)25(30,31)32)36-21-11-33-20(7-4-15(12-34)23(33)35)22(21)14-2-5-19(26)6-3-14/h2-3,5-6,8-10,13,15,20-22,34H,4,7,11-12H2,1H3/t13-,15?,20?,21+,22?/m1/s1. The molecule has 3 unspecified atom stereocenters. The smallest absolute Gasteiger partial charge is 0.396 e. The number of ether oxygens (including phenoxy) is 1. The number of alkyl halides is 6. The van der Waals surface area contributed by atoms with Crippen LogP contribution >= 0.6 is 0 Å². The summed E-state index contributed by atoms with van der Waals surface area (Å²) < 4.78 is 99.6. The fourth-order valence-corrected chi connectivity index (χ4v) is 5.18. The SMILES string of the molecule is C[C@@H](O[C@H]1CN2C(=O)C(CO)CCC2C1c1ccc(F)cc1)c1cc(C(F)(F)F)cc(C(F)(F)F)c1. The molecule has 1 amide bonds. The van der Waals surface area contributed by atoms with Gasteiger partial charge in [-0.15, -0.1) is 0 Å². The van der Waals surface area contributed by atoms with E-state index in [1.54, 1.807) is 4.90 Å². The van der Waals surface area contributed by atoms with Crippen molar-refractivity contribution in [1.82, 2.24) is 4.90 Å². The molecule has 196 valence electrons. The Morgan fingerprint density at radius 2 is 1.58 bits per heavy atom. The minimum absolute atomic E-state index is 0.0392. The molecule has 0 saturated carbocycles. The highest BCUT2D eigenvalue weighted by Crippen LogP contribution is 2.44. The van der Waals surface area contributed by atoms with Crippen molar-refractivity contribution in [2.45, 2.75) is 56.3 Å². The van der Waals surface area contributed by atoms with Crippen LogP contribution in [0.25, 0.3) is 0 Å². The van der Waals surface area contributed by atoms with Gasteiger partial charge in [0.05, 0.1) is 35.9 Å². The Hall–Kier alpha value is -2.66. The number of hydrogen-bond donors (Lipinski definition) is 1. The Morgan fingerprint density at radius 3 is 2.11 bits per heavy atom. The molecule has 0 aromatic heterocycles. The topological polar surface area (TPSA) is 49.8 Å². The summed E-state index contributed by atoms with van der Waals surface area (Å²) >= 11 is 0. The molecule has 2 heterocycles. The molecule has 2 aliphatic rings. The number of rotatable bonds is 5. The Morgan fingerprint density at radius 1 is 1.00 bits per heavy atom. The van der Waals surface area contributed by atoms with E-state index in [2.05, 4.69) is 0 Å². The molecule has 2 fully saturated rings. The number of piperidine rings is 1. The summed E-state index contributed by atoms with van der Waals surface area (Å²) in [7, 11) is 0. The fourth-order valence-electron chi connectivity index (χ4n) is 5.18. The largest absolute Gasteiger partial charge is 0.416 e. The molecule has 5 atom stereocenters. The van der Waals surface area contributed by atoms with Gasteiger partial charge in [0.2, 0.25) is 5.91 Å². The van der Waals surface area contributed by atoms with Gasteiger partial charge in [-0.25, -0.2) is 4.39 Å². The molecule has 36 heavy (non-hydrogen) atoms. The van der Waals surface area contributed by atoms with Crippen molar-refractivity contribution in [2.75, 3.05) is 13.2 Å². The zero-order chi connectivity index (χ0) is 26.4. The first-order valence-corrected chi connectivity index (χ1v) is 11.4. The van der Waals surface area contributed by atoms with Crippen molar-refractivity contribution < 1.29 is 45.4 Å². The van der Waals surface area contributed by atoms with Gasteiger partial charge in [-0.05, 0) is 61.2 Å². The molecular formula is C25H24F7NO3. The van der Waals surface area contributed by atoms with Crippen LogP contribution in [0.4, 0.5) is 30.7 Å². The number of carbonyl (C=O) groups is 1. The third-order valence-electron chi connectivity index (χ3n) is 6.97. The molecule has 0 radical (unpaired) electrons. The summed E-state index contributed by atoms with van der Waals surface area (Å²) in [6.07, 6.45) is -11.0. The fraction of sp³-hybridized carbons (Fsp3) is 0.480. The second kappa shape index (κ2) is 9.66. The number of halogens is 7. The van der Waals surface area contributed by atoms with E-state index in [9.17, 15) is 40.6 Å². The Labute approximate surface area is 202 Å². The van der Waals surface area contributed by atoms with Gasteiger partial charge < -0.3 is 14.7 Å². The summed E-state index contributed by atoms with van der Waals surface area (Å²) in [4.78, 5) is 14.4. The lowest BCUT2D eigenvalue weighted by Crippen LogP contribution is -2.46. The average Bonchev–Trinajstić information content (AvgIpc) is 3.17. The first-order chi connectivity index (χ1) is 16.8. The van der Waals surface area contributed by atoms with Crippen LogP contribution in [0.1, 0.15) is 54.0 Å². The van der Waals surface area contributed by atoms with Crippen molar-refractivity contribution in [3.05, 3.63) is 70.5 Å². The van der Waals surface area contributed by atoms with Crippen LogP contribution in [-0.2, 0) is 21.9 Å². The minimum Gasteiger partial charge on any atom is -0.396 e. The van der Waals surface area contributed by atoms with Crippen molar-refractivity contribution in [3.8, 4) is 0 Å². The van der Waals surface area contributed by atoms with Crippen LogP contribution in [0.15, 0.2) is 42.5 Å². The van der Waals surface area contributed by atoms with E-state index in [-0.39, 0.29) is 36.7 Å². The highest BCUT2D eigenvalue weighted by Gasteiger charge is 2.49. The summed E-state index contributed by atoms with van der Waals surface area (Å²) in [5, 5.41) is 9.53. The molecule has 2 aromatic rings. The first-order valence-electron chi connectivity index (χ1n) is 11.4. The van der Waals surface area contributed by atoms with Crippen LogP contribution in [0.3, 0.4) is 0 Å². The van der Waals surface area contributed by atoms with Gasteiger partial charge in [0.15, 0.2) is 0 Å². The number of benzene rings is 2. The van der Waals surface area contributed by atoms with Crippen LogP contribution < -0.4 is 0 Å². The lowest BCUT2D eigenvalue weighted by Gasteiger charge is -2.36. The number of aliphatic hydroxyl groups excluding tert-OH is 1. The zero-order valence-electron chi connectivity index (χ0n) is 19.1. The summed E-state index contributed by atoms with van der Waals surface area (Å²) in [6, 6.07) is 6.48. The van der Waals surface area contributed by atoms with Crippen molar-refractivity contribution in [2.24, 2.45) is 5.92 Å². The monoisotopic (exact) mass is 519 g/mol. The highest BCUT2D eigenvalue weighted by atomic mass is 19.4.